The highest BCUT2D eigenvalue weighted by atomic mass is 16.5. The predicted molar refractivity (Wildman–Crippen MR) is 68.0 cm³/mol. The van der Waals surface area contributed by atoms with Crippen LogP contribution in [0.25, 0.3) is 0 Å². The van der Waals surface area contributed by atoms with E-state index in [0.717, 1.165) is 25.9 Å². The molecule has 0 radical (unpaired) electrons. The summed E-state index contributed by atoms with van der Waals surface area (Å²) >= 11 is 0. The minimum Gasteiger partial charge on any atom is -0.371 e. The van der Waals surface area contributed by atoms with Crippen LogP contribution in [-0.2, 0) is 9.53 Å². The Hall–Kier alpha value is -0.410. The van der Waals surface area contributed by atoms with Gasteiger partial charge in [0.2, 0.25) is 0 Å². The molecule has 2 aliphatic rings. The Morgan fingerprint density at radius 1 is 1.29 bits per heavy atom. The highest BCUT2D eigenvalue weighted by Gasteiger charge is 2.45. The van der Waals surface area contributed by atoms with Crippen molar-refractivity contribution in [2.75, 3.05) is 13.1 Å². The number of carbonyl (C=O) groups is 1. The lowest BCUT2D eigenvalue weighted by Gasteiger charge is -2.47. The number of ether oxygens (including phenoxy) is 1. The van der Waals surface area contributed by atoms with Gasteiger partial charge in [-0.2, -0.15) is 0 Å². The van der Waals surface area contributed by atoms with Gasteiger partial charge in [0.15, 0.2) is 0 Å². The van der Waals surface area contributed by atoms with Gasteiger partial charge in [-0.3, -0.25) is 4.79 Å². The lowest BCUT2D eigenvalue weighted by atomic mass is 9.79. The third-order valence-corrected chi connectivity index (χ3v) is 4.58. The van der Waals surface area contributed by atoms with Gasteiger partial charge in [-0.05, 0) is 33.6 Å². The number of rotatable bonds is 1. The van der Waals surface area contributed by atoms with E-state index in [-0.39, 0.29) is 17.6 Å². The van der Waals surface area contributed by atoms with Crippen LogP contribution in [0.2, 0.25) is 0 Å². The second kappa shape index (κ2) is 4.69. The molecule has 3 nitrogen and oxygen atoms in total. The van der Waals surface area contributed by atoms with Crippen LogP contribution in [0.5, 0.6) is 0 Å². The Morgan fingerprint density at radius 2 is 1.88 bits per heavy atom. The molecule has 2 rings (SSSR count). The summed E-state index contributed by atoms with van der Waals surface area (Å²) in [6.07, 6.45) is 2.73. The van der Waals surface area contributed by atoms with Crippen LogP contribution in [0.3, 0.4) is 0 Å². The zero-order valence-corrected chi connectivity index (χ0v) is 11.5. The largest absolute Gasteiger partial charge is 0.371 e. The summed E-state index contributed by atoms with van der Waals surface area (Å²) < 4.78 is 6.18. The van der Waals surface area contributed by atoms with E-state index in [1.54, 1.807) is 0 Å². The molecule has 2 heterocycles. The molecule has 2 aliphatic heterocycles. The average molecular weight is 239 g/mol. The van der Waals surface area contributed by atoms with Gasteiger partial charge >= 0.3 is 0 Å². The summed E-state index contributed by atoms with van der Waals surface area (Å²) in [6.45, 7) is 10.6. The quantitative estimate of drug-likeness (QED) is 0.703. The van der Waals surface area contributed by atoms with E-state index in [4.69, 9.17) is 4.74 Å². The van der Waals surface area contributed by atoms with E-state index in [1.807, 2.05) is 13.8 Å². The molecule has 2 saturated heterocycles. The van der Waals surface area contributed by atoms with E-state index in [1.165, 1.54) is 0 Å². The van der Waals surface area contributed by atoms with Crippen molar-refractivity contribution in [3.63, 3.8) is 0 Å². The Labute approximate surface area is 105 Å². The topological polar surface area (TPSA) is 29.5 Å². The van der Waals surface area contributed by atoms with Crippen LogP contribution in [0.15, 0.2) is 0 Å². The average Bonchev–Trinajstić information content (AvgIpc) is 2.26. The van der Waals surface area contributed by atoms with Gasteiger partial charge in [0.25, 0.3) is 0 Å². The normalized spacial score (nSPS) is 34.5. The molecule has 0 aromatic heterocycles. The highest BCUT2D eigenvalue weighted by Crippen LogP contribution is 2.38. The number of hydrogen-bond acceptors (Lipinski definition) is 3. The Morgan fingerprint density at radius 3 is 2.35 bits per heavy atom. The molecule has 0 amide bonds. The highest BCUT2D eigenvalue weighted by molar-refractivity contribution is 5.83. The van der Waals surface area contributed by atoms with Gasteiger partial charge in [-0.15, -0.1) is 0 Å². The van der Waals surface area contributed by atoms with Gasteiger partial charge < -0.3 is 9.64 Å². The minimum atomic E-state index is -0.144. The molecule has 0 aromatic rings. The van der Waals surface area contributed by atoms with Crippen LogP contribution in [-0.4, -0.2) is 41.5 Å². The Kier molecular flexibility index (Phi) is 3.60. The zero-order valence-electron chi connectivity index (χ0n) is 11.5. The van der Waals surface area contributed by atoms with Crippen LogP contribution in [0.1, 0.15) is 47.0 Å². The molecule has 2 fully saturated rings. The number of piperidine rings is 1. The maximum atomic E-state index is 12.0. The van der Waals surface area contributed by atoms with Gasteiger partial charge in [0.05, 0.1) is 11.7 Å². The van der Waals surface area contributed by atoms with Crippen molar-refractivity contribution >= 4 is 5.78 Å². The van der Waals surface area contributed by atoms with E-state index < -0.39 is 0 Å². The summed E-state index contributed by atoms with van der Waals surface area (Å²) in [5.74, 6) is 0.463. The second-order valence-electron chi connectivity index (χ2n) is 6.07. The second-order valence-corrected chi connectivity index (χ2v) is 6.07. The summed E-state index contributed by atoms with van der Waals surface area (Å²) in [4.78, 5) is 14.5. The van der Waals surface area contributed by atoms with Crippen LogP contribution in [0, 0.1) is 5.92 Å². The molecule has 1 spiro atoms. The van der Waals surface area contributed by atoms with Gasteiger partial charge in [0, 0.05) is 31.5 Å². The maximum absolute atomic E-state index is 12.0. The summed E-state index contributed by atoms with van der Waals surface area (Å²) in [5.41, 5.74) is -0.144. The number of nitrogens with zero attached hydrogens (tertiary/aromatic N) is 1. The molecule has 0 saturated carbocycles. The third kappa shape index (κ3) is 2.55. The fourth-order valence-electron chi connectivity index (χ4n) is 3.02. The number of hydrogen-bond donors (Lipinski definition) is 0. The first-order valence-corrected chi connectivity index (χ1v) is 6.88. The van der Waals surface area contributed by atoms with Crippen LogP contribution < -0.4 is 0 Å². The minimum absolute atomic E-state index is 0.0729. The molecule has 0 aliphatic carbocycles. The summed E-state index contributed by atoms with van der Waals surface area (Å²) in [7, 11) is 0. The number of likely N-dealkylation sites (tertiary alicyclic amines) is 1. The molecule has 2 atom stereocenters. The smallest absolute Gasteiger partial charge is 0.141 e. The fourth-order valence-corrected chi connectivity index (χ4v) is 3.02. The van der Waals surface area contributed by atoms with Crippen molar-refractivity contribution in [3.8, 4) is 0 Å². The van der Waals surface area contributed by atoms with Crippen molar-refractivity contribution in [3.05, 3.63) is 0 Å². The monoisotopic (exact) mass is 239 g/mol. The molecule has 0 aromatic carbocycles. The van der Waals surface area contributed by atoms with Gasteiger partial charge in [0.1, 0.15) is 5.78 Å². The van der Waals surface area contributed by atoms with E-state index in [0.29, 0.717) is 18.2 Å². The zero-order chi connectivity index (χ0) is 12.6. The van der Waals surface area contributed by atoms with Crippen molar-refractivity contribution in [1.82, 2.24) is 4.90 Å². The van der Waals surface area contributed by atoms with E-state index in [9.17, 15) is 4.79 Å². The first kappa shape index (κ1) is 13.0. The maximum Gasteiger partial charge on any atom is 0.141 e. The molecule has 0 bridgehead atoms. The first-order valence-electron chi connectivity index (χ1n) is 6.88. The third-order valence-electron chi connectivity index (χ3n) is 4.58. The first-order chi connectivity index (χ1) is 7.93. The van der Waals surface area contributed by atoms with Crippen molar-refractivity contribution < 1.29 is 9.53 Å². The molecule has 98 valence electrons. The summed E-state index contributed by atoms with van der Waals surface area (Å²) in [6, 6.07) is 0.600. The summed E-state index contributed by atoms with van der Waals surface area (Å²) in [5, 5.41) is 0. The molecule has 3 heteroatoms. The van der Waals surface area contributed by atoms with Crippen molar-refractivity contribution in [2.45, 2.75) is 64.7 Å². The van der Waals surface area contributed by atoms with E-state index >= 15 is 0 Å². The van der Waals surface area contributed by atoms with Crippen molar-refractivity contribution in [2.24, 2.45) is 5.92 Å². The van der Waals surface area contributed by atoms with Gasteiger partial charge in [-0.25, -0.2) is 0 Å². The number of carbonyl (C=O) groups excluding carboxylic acids is 1. The Bertz CT molecular complexity index is 293. The van der Waals surface area contributed by atoms with Crippen molar-refractivity contribution in [1.29, 1.82) is 0 Å². The van der Waals surface area contributed by atoms with E-state index in [2.05, 4.69) is 18.7 Å². The fraction of sp³-hybridized carbons (Fsp3) is 0.929. The lowest BCUT2D eigenvalue weighted by molar-refractivity contribution is -0.177. The van der Waals surface area contributed by atoms with Crippen LogP contribution >= 0.6 is 0 Å². The molecular weight excluding hydrogens is 214 g/mol. The molecule has 2 unspecified atom stereocenters. The molecule has 17 heavy (non-hydrogen) atoms. The SMILES string of the molecule is CC1OC2(CCN(C(C)C)CC2)CC(=O)C1C. The predicted octanol–water partition coefficient (Wildman–Crippen LogP) is 2.24. The lowest BCUT2D eigenvalue weighted by Crippen LogP contribution is -2.54. The number of Topliss-reactive ketones (excluding diaryl/α,β-unsaturated/α-hetero) is 1. The molecule has 0 N–H and O–H groups in total. The Balaban J connectivity index is 2.01. The molecular formula is C14H25NO2. The van der Waals surface area contributed by atoms with Gasteiger partial charge in [-0.1, -0.05) is 6.92 Å². The standard InChI is InChI=1S/C14H25NO2/c1-10(2)15-7-5-14(6-8-15)9-13(16)11(3)12(4)17-14/h10-12H,5-9H2,1-4H3. The number of ketones is 1. The van der Waals surface area contributed by atoms with Crippen LogP contribution in [0.4, 0.5) is 0 Å².